The zero-order valence-corrected chi connectivity index (χ0v) is 17.6. The van der Waals surface area contributed by atoms with Crippen molar-refractivity contribution in [3.8, 4) is 0 Å². The molecule has 7 heteroatoms. The highest BCUT2D eigenvalue weighted by Crippen LogP contribution is 2.27. The van der Waals surface area contributed by atoms with Gasteiger partial charge in [-0.1, -0.05) is 55.8 Å². The lowest BCUT2D eigenvalue weighted by atomic mass is 10.0. The van der Waals surface area contributed by atoms with Crippen molar-refractivity contribution in [3.05, 3.63) is 59.7 Å². The van der Waals surface area contributed by atoms with Crippen molar-refractivity contribution in [2.24, 2.45) is 5.92 Å². The molecule has 2 aromatic carbocycles. The number of amides is 3. The highest BCUT2D eigenvalue weighted by atomic mass is 16.2. The Balaban J connectivity index is 1.44. The molecule has 30 heavy (non-hydrogen) atoms. The summed E-state index contributed by atoms with van der Waals surface area (Å²) in [5.41, 5.74) is 4.07. The van der Waals surface area contributed by atoms with Crippen LogP contribution >= 0.6 is 0 Å². The van der Waals surface area contributed by atoms with Gasteiger partial charge in [0.2, 0.25) is 11.9 Å². The van der Waals surface area contributed by atoms with E-state index in [4.69, 9.17) is 0 Å². The Hall–Kier alpha value is -3.35. The Labute approximate surface area is 176 Å². The summed E-state index contributed by atoms with van der Waals surface area (Å²) in [4.78, 5) is 32.0. The summed E-state index contributed by atoms with van der Waals surface area (Å²) >= 11 is 0. The average molecular weight is 406 g/mol. The Bertz CT molecular complexity index is 1070. The third kappa shape index (κ3) is 3.87. The number of hydrogen-bond donors (Lipinski definition) is 2. The van der Waals surface area contributed by atoms with Crippen LogP contribution in [0.3, 0.4) is 0 Å². The molecule has 0 spiro atoms. The van der Waals surface area contributed by atoms with Gasteiger partial charge in [0.05, 0.1) is 11.0 Å². The largest absolute Gasteiger partial charge is 0.350 e. The maximum atomic E-state index is 13.0. The molecule has 1 aliphatic rings. The van der Waals surface area contributed by atoms with Gasteiger partial charge >= 0.3 is 6.03 Å². The van der Waals surface area contributed by atoms with Gasteiger partial charge in [0.25, 0.3) is 0 Å². The van der Waals surface area contributed by atoms with E-state index in [1.807, 2.05) is 73.9 Å². The fraction of sp³-hybridized carbons (Fsp3) is 0.348. The molecule has 3 amide bonds. The predicted molar refractivity (Wildman–Crippen MR) is 117 cm³/mol. The van der Waals surface area contributed by atoms with E-state index in [0.29, 0.717) is 25.6 Å². The van der Waals surface area contributed by atoms with E-state index < -0.39 is 6.04 Å². The number of para-hydroxylation sites is 2. The molecule has 0 unspecified atom stereocenters. The van der Waals surface area contributed by atoms with Crippen molar-refractivity contribution in [2.45, 2.75) is 39.9 Å². The first-order chi connectivity index (χ1) is 14.4. The molecule has 0 saturated carbocycles. The summed E-state index contributed by atoms with van der Waals surface area (Å²) in [5, 5.41) is 5.85. The van der Waals surface area contributed by atoms with Crippen molar-refractivity contribution in [3.63, 3.8) is 0 Å². The zero-order chi connectivity index (χ0) is 21.3. The molecular weight excluding hydrogens is 378 g/mol. The smallest absolute Gasteiger partial charge is 0.324 e. The molecule has 1 aliphatic heterocycles. The number of carbonyl (C=O) groups excluding carboxylic acids is 2. The number of carbonyl (C=O) groups is 2. The van der Waals surface area contributed by atoms with E-state index in [9.17, 15) is 9.59 Å². The maximum Gasteiger partial charge on any atom is 0.324 e. The van der Waals surface area contributed by atoms with Gasteiger partial charge < -0.3 is 15.2 Å². The molecule has 0 saturated heterocycles. The molecular formula is C23H27N5O2. The number of rotatable bonds is 5. The number of imidazole rings is 1. The van der Waals surface area contributed by atoms with Crippen molar-refractivity contribution in [1.29, 1.82) is 0 Å². The van der Waals surface area contributed by atoms with Crippen LogP contribution in [0, 0.1) is 12.8 Å². The molecule has 156 valence electrons. The Kier molecular flexibility index (Phi) is 5.44. The Morgan fingerprint density at radius 2 is 1.80 bits per heavy atom. The van der Waals surface area contributed by atoms with Crippen molar-refractivity contribution >= 4 is 28.9 Å². The second-order valence-corrected chi connectivity index (χ2v) is 8.08. The lowest BCUT2D eigenvalue weighted by Gasteiger charge is -2.24. The van der Waals surface area contributed by atoms with E-state index in [2.05, 4.69) is 15.6 Å². The lowest BCUT2D eigenvalue weighted by molar-refractivity contribution is -0.124. The summed E-state index contributed by atoms with van der Waals surface area (Å²) in [6.07, 6.45) is 0. The SMILES string of the molecule is Cc1ccc(CNC(=O)[C@@H](NC(=O)N2CCn3c2nc2ccccc23)C(C)C)cc1. The standard InChI is InChI=1S/C23H27N5O2/c1-15(2)20(21(29)24-14-17-10-8-16(3)9-11-17)26-23(30)28-13-12-27-19-7-5-4-6-18(19)25-22(27)28/h4-11,15,20H,12-14H2,1-3H3,(H,24,29)(H,26,30)/t20-/m0/s1. The van der Waals surface area contributed by atoms with Crippen molar-refractivity contribution < 1.29 is 9.59 Å². The molecule has 1 atom stereocenters. The summed E-state index contributed by atoms with van der Waals surface area (Å²) in [7, 11) is 0. The maximum absolute atomic E-state index is 13.0. The van der Waals surface area contributed by atoms with Gasteiger partial charge in [-0.05, 0) is 30.5 Å². The lowest BCUT2D eigenvalue weighted by Crippen LogP contribution is -2.53. The van der Waals surface area contributed by atoms with Crippen LogP contribution in [0.5, 0.6) is 0 Å². The molecule has 3 aromatic rings. The Morgan fingerprint density at radius 1 is 1.07 bits per heavy atom. The molecule has 2 N–H and O–H groups in total. The first-order valence-corrected chi connectivity index (χ1v) is 10.3. The van der Waals surface area contributed by atoms with Crippen LogP contribution < -0.4 is 15.5 Å². The van der Waals surface area contributed by atoms with E-state index >= 15 is 0 Å². The van der Waals surface area contributed by atoms with Gasteiger partial charge in [-0.2, -0.15) is 0 Å². The number of nitrogens with zero attached hydrogens (tertiary/aromatic N) is 3. The minimum Gasteiger partial charge on any atom is -0.350 e. The van der Waals surface area contributed by atoms with Gasteiger partial charge in [0.1, 0.15) is 6.04 Å². The molecule has 4 rings (SSSR count). The van der Waals surface area contributed by atoms with Crippen LogP contribution in [0.15, 0.2) is 48.5 Å². The van der Waals surface area contributed by atoms with Crippen LogP contribution in [-0.4, -0.2) is 34.1 Å². The Morgan fingerprint density at radius 3 is 2.53 bits per heavy atom. The third-order valence-corrected chi connectivity index (χ3v) is 5.48. The molecule has 2 heterocycles. The van der Waals surface area contributed by atoms with Gasteiger partial charge in [0.15, 0.2) is 0 Å². The molecule has 0 radical (unpaired) electrons. The molecule has 0 bridgehead atoms. The minimum atomic E-state index is -0.624. The fourth-order valence-electron chi connectivity index (χ4n) is 3.73. The number of hydrogen-bond acceptors (Lipinski definition) is 3. The summed E-state index contributed by atoms with van der Waals surface area (Å²) in [6, 6.07) is 14.9. The normalized spacial score (nSPS) is 14.1. The first-order valence-electron chi connectivity index (χ1n) is 10.3. The molecule has 7 nitrogen and oxygen atoms in total. The van der Waals surface area contributed by atoms with Crippen LogP contribution in [0.25, 0.3) is 11.0 Å². The number of aryl methyl sites for hydroxylation is 1. The number of urea groups is 1. The van der Waals surface area contributed by atoms with Crippen LogP contribution in [0.4, 0.5) is 10.7 Å². The molecule has 1 aromatic heterocycles. The van der Waals surface area contributed by atoms with Gasteiger partial charge in [-0.15, -0.1) is 0 Å². The van der Waals surface area contributed by atoms with Gasteiger partial charge in [-0.3, -0.25) is 9.69 Å². The fourth-order valence-corrected chi connectivity index (χ4v) is 3.73. The van der Waals surface area contributed by atoms with E-state index in [-0.39, 0.29) is 17.9 Å². The predicted octanol–water partition coefficient (Wildman–Crippen LogP) is 3.22. The second kappa shape index (κ2) is 8.18. The van der Waals surface area contributed by atoms with Gasteiger partial charge in [0, 0.05) is 19.6 Å². The first kappa shape index (κ1) is 19.9. The third-order valence-electron chi connectivity index (χ3n) is 5.48. The zero-order valence-electron chi connectivity index (χ0n) is 17.6. The van der Waals surface area contributed by atoms with E-state index in [1.165, 1.54) is 5.56 Å². The summed E-state index contributed by atoms with van der Waals surface area (Å²) in [5.74, 6) is 0.385. The van der Waals surface area contributed by atoms with E-state index in [1.54, 1.807) is 4.90 Å². The minimum absolute atomic E-state index is 0.0478. The van der Waals surface area contributed by atoms with E-state index in [0.717, 1.165) is 16.6 Å². The second-order valence-electron chi connectivity index (χ2n) is 8.08. The summed E-state index contributed by atoms with van der Waals surface area (Å²) < 4.78 is 2.04. The summed E-state index contributed by atoms with van der Waals surface area (Å²) in [6.45, 7) is 7.53. The highest BCUT2D eigenvalue weighted by molar-refractivity contribution is 5.96. The number of aromatic nitrogens is 2. The topological polar surface area (TPSA) is 79.3 Å². The van der Waals surface area contributed by atoms with Crippen LogP contribution in [0.2, 0.25) is 0 Å². The number of fused-ring (bicyclic) bond motifs is 3. The number of benzene rings is 2. The molecule has 0 fully saturated rings. The van der Waals surface area contributed by atoms with Crippen LogP contribution in [0.1, 0.15) is 25.0 Å². The van der Waals surface area contributed by atoms with Crippen molar-refractivity contribution in [1.82, 2.24) is 20.2 Å². The monoisotopic (exact) mass is 405 g/mol. The number of anilines is 1. The quantitative estimate of drug-likeness (QED) is 0.684. The molecule has 0 aliphatic carbocycles. The highest BCUT2D eigenvalue weighted by Gasteiger charge is 2.32. The van der Waals surface area contributed by atoms with Gasteiger partial charge in [-0.25, -0.2) is 9.78 Å². The van der Waals surface area contributed by atoms with Crippen LogP contribution in [-0.2, 0) is 17.9 Å². The number of nitrogens with one attached hydrogen (secondary N) is 2. The van der Waals surface area contributed by atoms with Crippen molar-refractivity contribution in [2.75, 3.05) is 11.4 Å². The average Bonchev–Trinajstić information content (AvgIpc) is 3.30.